The van der Waals surface area contributed by atoms with Crippen LogP contribution in [0.3, 0.4) is 0 Å². The predicted molar refractivity (Wildman–Crippen MR) is 371 cm³/mol. The van der Waals surface area contributed by atoms with Crippen LogP contribution in [0.25, 0.3) is 22.3 Å². The standard InChI is InChI=1S/C72H96FN11O19/c1-7-72(95)50-33-55-63-48(35-84(55)66(90)49(50)37-102-68(72)92)61-52(20-19-46-42(4)51(73)34-54(80-63)60(46)61)79-59(87)38-100-40-77-67(91)71(5,6)83-70(94)103-36-43-15-17-45(18-16-43)78-64(88)53(13-11-22-76-69(74)93)81-65(89)62(41(2)3)82-57(85)21-24-96-26-28-98-30-31-99-29-27-97-25-23-75-58(86)39-101-56-14-10-8-9-12-44-32-47(44)56/h15-18,32-34,41,47,52-53,56,62,95H,7-14,19-31,35-40H2,1-6H3,(H,75,86)(H,77,91)(H,78,88)(H,79,87)(H,81,89)(H,82,85)(H,83,94)(H3,74,76,93)/t47?,52-,53-,56?,62-,72-/m0/s1. The number of nitrogens with one attached hydrogen (secondary N) is 8. The Morgan fingerprint density at radius 3 is 2.23 bits per heavy atom. The average molecular weight is 1440 g/mol. The summed E-state index contributed by atoms with van der Waals surface area (Å²) < 4.78 is 61.2. The lowest BCUT2D eigenvalue weighted by Gasteiger charge is -2.31. The fraction of sp³-hybridized carbons (Fsp3) is 0.569. The van der Waals surface area contributed by atoms with E-state index in [2.05, 4.69) is 48.6 Å². The molecule has 11 N–H and O–H groups in total. The number of amides is 9. The molecule has 4 heterocycles. The largest absolute Gasteiger partial charge is 0.458 e. The number of benzene rings is 2. The van der Waals surface area contributed by atoms with E-state index in [0.29, 0.717) is 109 Å². The lowest BCUT2D eigenvalue weighted by molar-refractivity contribution is -0.172. The quantitative estimate of drug-likeness (QED) is 0.0116. The second-order valence-electron chi connectivity index (χ2n) is 27.0. The Bertz CT molecular complexity index is 3860. The zero-order valence-electron chi connectivity index (χ0n) is 59.2. The number of fused-ring (bicyclic) bond motifs is 6. The van der Waals surface area contributed by atoms with Gasteiger partial charge in [-0.2, -0.15) is 0 Å². The molecular formula is C72H96FN11O19. The summed E-state index contributed by atoms with van der Waals surface area (Å²) in [5, 5.41) is 33.6. The van der Waals surface area contributed by atoms with E-state index in [9.17, 15) is 53.1 Å². The summed E-state index contributed by atoms with van der Waals surface area (Å²) in [4.78, 5) is 136. The van der Waals surface area contributed by atoms with E-state index in [-0.39, 0.29) is 107 Å². The van der Waals surface area contributed by atoms with Crippen molar-refractivity contribution in [2.75, 3.05) is 91.2 Å². The highest BCUT2D eigenvalue weighted by atomic mass is 19.1. The van der Waals surface area contributed by atoms with Gasteiger partial charge in [-0.3, -0.25) is 33.6 Å². The van der Waals surface area contributed by atoms with Crippen LogP contribution in [-0.4, -0.2) is 178 Å². The number of alkyl carbamates (subject to hydrolysis) is 1. The average Bonchev–Trinajstić information content (AvgIpc) is 1.60. The highest BCUT2D eigenvalue weighted by Gasteiger charge is 2.46. The number of aromatic nitrogens is 2. The lowest BCUT2D eigenvalue weighted by atomic mass is 9.81. The summed E-state index contributed by atoms with van der Waals surface area (Å²) in [6, 6.07) is 5.60. The number of esters is 1. The first-order chi connectivity index (χ1) is 49.4. The van der Waals surface area contributed by atoms with Gasteiger partial charge in [0.25, 0.3) is 5.56 Å². The zero-order valence-corrected chi connectivity index (χ0v) is 59.2. The summed E-state index contributed by atoms with van der Waals surface area (Å²) in [7, 11) is 0. The van der Waals surface area contributed by atoms with Gasteiger partial charge in [-0.25, -0.2) is 23.8 Å². The number of carbonyl (C=O) groups excluding carboxylic acids is 9. The van der Waals surface area contributed by atoms with Crippen molar-refractivity contribution < 1.29 is 90.5 Å². The van der Waals surface area contributed by atoms with Gasteiger partial charge in [-0.05, 0) is 119 Å². The highest BCUT2D eigenvalue weighted by molar-refractivity contribution is 5.99. The van der Waals surface area contributed by atoms with Crippen LogP contribution in [0.5, 0.6) is 0 Å². The SMILES string of the molecule is CC[C@@]1(O)C(=O)OCc2c1cc1n(c2=O)Cc2c-1nc1cc(F)c(C)c3c1c2[C@@H](NC(=O)COCNC(=O)C(C)(C)NC(=O)OCc1ccc(NC(=O)[C@H](CCCNC(N)=O)NC(=O)[C@@H](NC(=O)CCOCCOCCOCCOCCNC(=O)COC2CCCCCC4=CC42)C(C)C)cc1)CC3. The van der Waals surface area contributed by atoms with Crippen molar-refractivity contribution in [1.82, 2.24) is 46.8 Å². The monoisotopic (exact) mass is 1440 g/mol. The first kappa shape index (κ1) is 78.2. The number of aryl methyl sites for hydroxylation is 1. The van der Waals surface area contributed by atoms with Crippen LogP contribution >= 0.6 is 0 Å². The van der Waals surface area contributed by atoms with Crippen LogP contribution in [0.1, 0.15) is 144 Å². The van der Waals surface area contributed by atoms with Crippen molar-refractivity contribution >= 4 is 70.1 Å². The van der Waals surface area contributed by atoms with Gasteiger partial charge >= 0.3 is 18.1 Å². The summed E-state index contributed by atoms with van der Waals surface area (Å²) in [5.74, 6) is -4.37. The maximum absolute atomic E-state index is 15.5. The number of nitrogens with zero attached hydrogens (tertiary/aromatic N) is 2. The molecule has 9 amide bonds. The number of carbonyl (C=O) groups is 9. The summed E-state index contributed by atoms with van der Waals surface area (Å²) in [6.07, 6.45) is 8.08. The first-order valence-corrected chi connectivity index (χ1v) is 35.2. The van der Waals surface area contributed by atoms with Gasteiger partial charge in [-0.15, -0.1) is 0 Å². The van der Waals surface area contributed by atoms with Crippen LogP contribution in [0.15, 0.2) is 52.8 Å². The normalized spacial score (nSPS) is 18.4. The maximum atomic E-state index is 15.5. The molecule has 1 fully saturated rings. The molecule has 6 atom stereocenters. The van der Waals surface area contributed by atoms with Crippen molar-refractivity contribution in [2.45, 2.75) is 167 Å². The number of urea groups is 1. The number of rotatable bonds is 38. The number of hydrogen-bond acceptors (Lipinski definition) is 20. The second kappa shape index (κ2) is 36.4. The Morgan fingerprint density at radius 1 is 0.806 bits per heavy atom. The van der Waals surface area contributed by atoms with E-state index in [0.717, 1.165) is 24.8 Å². The molecule has 30 nitrogen and oxygen atoms in total. The molecule has 4 aromatic rings. The maximum Gasteiger partial charge on any atom is 0.408 e. The summed E-state index contributed by atoms with van der Waals surface area (Å²) in [6.45, 7) is 10.9. The molecule has 2 aromatic carbocycles. The number of pyridine rings is 2. The van der Waals surface area contributed by atoms with Crippen LogP contribution < -0.4 is 53.8 Å². The van der Waals surface area contributed by atoms with Gasteiger partial charge in [0.2, 0.25) is 35.4 Å². The van der Waals surface area contributed by atoms with Crippen LogP contribution in [-0.2, 0) is 103 Å². The molecule has 0 saturated heterocycles. The van der Waals surface area contributed by atoms with Crippen molar-refractivity contribution in [3.05, 3.63) is 103 Å². The molecule has 9 rings (SSSR count). The number of nitrogens with two attached hydrogens (primary N) is 1. The zero-order chi connectivity index (χ0) is 74.0. The van der Waals surface area contributed by atoms with Gasteiger partial charge in [0.15, 0.2) is 5.60 Å². The van der Waals surface area contributed by atoms with Crippen molar-refractivity contribution in [3.63, 3.8) is 0 Å². The number of primary amides is 1. The number of hydrogen-bond donors (Lipinski definition) is 10. The Hall–Kier alpha value is -8.98. The molecule has 0 spiro atoms. The Morgan fingerprint density at radius 2 is 1.52 bits per heavy atom. The Labute approximate surface area is 595 Å². The predicted octanol–water partition coefficient (Wildman–Crippen LogP) is 3.92. The number of anilines is 1. The van der Waals surface area contributed by atoms with E-state index in [1.807, 2.05) is 0 Å². The van der Waals surface area contributed by atoms with Gasteiger partial charge in [0.1, 0.15) is 56.6 Å². The lowest BCUT2D eigenvalue weighted by Crippen LogP contribution is -2.55. The fourth-order valence-corrected chi connectivity index (χ4v) is 13.1. The number of ether oxygens (including phenoxy) is 8. The minimum absolute atomic E-state index is 0.0453. The smallest absolute Gasteiger partial charge is 0.408 e. The van der Waals surface area contributed by atoms with Crippen molar-refractivity contribution in [1.29, 1.82) is 0 Å². The molecule has 560 valence electrons. The number of cyclic esters (lactones) is 1. The van der Waals surface area contributed by atoms with Crippen LogP contribution in [0.2, 0.25) is 0 Å². The molecule has 103 heavy (non-hydrogen) atoms. The minimum Gasteiger partial charge on any atom is -0.458 e. The summed E-state index contributed by atoms with van der Waals surface area (Å²) in [5.41, 5.74) is 7.12. The fourth-order valence-electron chi connectivity index (χ4n) is 13.1. The van der Waals surface area contributed by atoms with E-state index < -0.39 is 102 Å². The van der Waals surface area contributed by atoms with E-state index in [4.69, 9.17) is 48.6 Å². The third-order valence-electron chi connectivity index (χ3n) is 18.9. The topological polar surface area (TPSA) is 405 Å². The molecule has 2 unspecified atom stereocenters. The summed E-state index contributed by atoms with van der Waals surface area (Å²) >= 11 is 0. The number of halogens is 1. The van der Waals surface area contributed by atoms with Gasteiger partial charge in [0.05, 0.1) is 94.0 Å². The molecule has 1 saturated carbocycles. The molecule has 31 heteroatoms. The molecule has 5 aliphatic rings. The Balaban J connectivity index is 0.650. The highest BCUT2D eigenvalue weighted by Crippen LogP contribution is 2.46. The van der Waals surface area contributed by atoms with Gasteiger partial charge < -0.3 is 95.8 Å². The van der Waals surface area contributed by atoms with E-state index in [1.54, 1.807) is 58.0 Å². The van der Waals surface area contributed by atoms with E-state index in [1.165, 1.54) is 42.9 Å². The van der Waals surface area contributed by atoms with Gasteiger partial charge in [-0.1, -0.05) is 57.4 Å². The second-order valence-corrected chi connectivity index (χ2v) is 27.0. The molecule has 2 aromatic heterocycles. The van der Waals surface area contributed by atoms with Gasteiger partial charge in [0, 0.05) is 53.7 Å². The first-order valence-electron chi connectivity index (χ1n) is 35.2. The van der Waals surface area contributed by atoms with Crippen LogP contribution in [0.4, 0.5) is 19.7 Å². The van der Waals surface area contributed by atoms with Crippen molar-refractivity contribution in [3.8, 4) is 11.4 Å². The Kier molecular flexibility index (Phi) is 27.7. The molecular weight excluding hydrogens is 1340 g/mol. The number of aliphatic hydroxyl groups is 1. The third-order valence-corrected chi connectivity index (χ3v) is 18.9. The molecule has 0 bridgehead atoms. The molecule has 0 radical (unpaired) electrons. The molecule has 3 aliphatic carbocycles. The minimum atomic E-state index is -2.06. The molecule has 2 aliphatic heterocycles. The van der Waals surface area contributed by atoms with Crippen LogP contribution in [0, 0.1) is 24.6 Å². The third kappa shape index (κ3) is 20.7. The van der Waals surface area contributed by atoms with Crippen molar-refractivity contribution in [2.24, 2.45) is 17.6 Å². The van der Waals surface area contributed by atoms with E-state index >= 15 is 4.39 Å².